The minimum Gasteiger partial charge on any atom is -0.121 e. The average molecular weight is 326 g/mol. The summed E-state index contributed by atoms with van der Waals surface area (Å²) in [7, 11) is 0. The van der Waals surface area contributed by atoms with E-state index in [9.17, 15) is 0 Å². The van der Waals surface area contributed by atoms with Gasteiger partial charge in [-0.1, -0.05) is 30.3 Å². The molecule has 0 atom stereocenters. The Morgan fingerprint density at radius 3 is 2.20 bits per heavy atom. The van der Waals surface area contributed by atoms with Gasteiger partial charge in [0.05, 0.1) is 0 Å². The molecule has 0 saturated heterocycles. The third kappa shape index (κ3) is 3.54. The fourth-order valence-corrected chi connectivity index (χ4v) is 2.49. The zero-order valence-corrected chi connectivity index (χ0v) is 11.2. The van der Waals surface area contributed by atoms with Crippen molar-refractivity contribution in [2.45, 2.75) is 10.6 Å². The van der Waals surface area contributed by atoms with Crippen LogP contribution in [0.15, 0.2) is 59.5 Å². The SMILES string of the molecule is Ic1ccc(SCc2ccccc2)cc1. The molecule has 0 N–H and O–H groups in total. The molecule has 0 fully saturated rings. The monoisotopic (exact) mass is 326 g/mol. The van der Waals surface area contributed by atoms with E-state index in [1.807, 2.05) is 11.8 Å². The van der Waals surface area contributed by atoms with Crippen LogP contribution in [0.5, 0.6) is 0 Å². The van der Waals surface area contributed by atoms with Gasteiger partial charge in [-0.25, -0.2) is 0 Å². The number of rotatable bonds is 3. The molecule has 2 rings (SSSR count). The molecule has 0 aliphatic heterocycles. The van der Waals surface area contributed by atoms with Gasteiger partial charge in [-0.15, -0.1) is 11.8 Å². The molecule has 0 unspecified atom stereocenters. The Labute approximate surface area is 108 Å². The molecule has 2 aromatic rings. The fourth-order valence-electron chi connectivity index (χ4n) is 1.27. The lowest BCUT2D eigenvalue weighted by molar-refractivity contribution is 1.38. The van der Waals surface area contributed by atoms with Gasteiger partial charge in [-0.05, 0) is 52.4 Å². The molecule has 0 aliphatic carbocycles. The first-order valence-electron chi connectivity index (χ1n) is 4.77. The first-order chi connectivity index (χ1) is 7.34. The molecule has 76 valence electrons. The average Bonchev–Trinajstić information content (AvgIpc) is 2.30. The predicted octanol–water partition coefficient (Wildman–Crippen LogP) is 4.58. The minimum atomic E-state index is 1.04. The second kappa shape index (κ2) is 5.56. The maximum Gasteiger partial charge on any atom is 0.0231 e. The number of hydrogen-bond acceptors (Lipinski definition) is 1. The Bertz CT molecular complexity index is 408. The lowest BCUT2D eigenvalue weighted by Crippen LogP contribution is -1.79. The van der Waals surface area contributed by atoms with Gasteiger partial charge in [0.25, 0.3) is 0 Å². The smallest absolute Gasteiger partial charge is 0.0231 e. The summed E-state index contributed by atoms with van der Waals surface area (Å²) in [5.41, 5.74) is 1.38. The minimum absolute atomic E-state index is 1.04. The standard InChI is InChI=1S/C13H11IS/c14-12-6-8-13(9-7-12)15-10-11-4-2-1-3-5-11/h1-9H,10H2. The topological polar surface area (TPSA) is 0 Å². The van der Waals surface area contributed by atoms with Crippen LogP contribution in [-0.4, -0.2) is 0 Å². The van der Waals surface area contributed by atoms with E-state index in [1.165, 1.54) is 14.0 Å². The van der Waals surface area contributed by atoms with Crippen molar-refractivity contribution in [2.75, 3.05) is 0 Å². The van der Waals surface area contributed by atoms with E-state index in [-0.39, 0.29) is 0 Å². The van der Waals surface area contributed by atoms with Crippen LogP contribution in [-0.2, 0) is 5.75 Å². The Balaban J connectivity index is 1.96. The van der Waals surface area contributed by atoms with Crippen molar-refractivity contribution >= 4 is 34.4 Å². The number of thioether (sulfide) groups is 1. The van der Waals surface area contributed by atoms with Gasteiger partial charge >= 0.3 is 0 Å². The van der Waals surface area contributed by atoms with Crippen molar-refractivity contribution in [3.8, 4) is 0 Å². The Morgan fingerprint density at radius 1 is 0.867 bits per heavy atom. The number of halogens is 1. The molecule has 0 saturated carbocycles. The first-order valence-corrected chi connectivity index (χ1v) is 6.83. The summed E-state index contributed by atoms with van der Waals surface area (Å²) < 4.78 is 1.29. The van der Waals surface area contributed by atoms with E-state index in [1.54, 1.807) is 0 Å². The van der Waals surface area contributed by atoms with Crippen LogP contribution in [0.1, 0.15) is 5.56 Å². The summed E-state index contributed by atoms with van der Waals surface area (Å²) in [5, 5.41) is 0. The first kappa shape index (κ1) is 11.0. The second-order valence-electron chi connectivity index (χ2n) is 3.23. The second-order valence-corrected chi connectivity index (χ2v) is 5.52. The quantitative estimate of drug-likeness (QED) is 0.587. The van der Waals surface area contributed by atoms with E-state index < -0.39 is 0 Å². The predicted molar refractivity (Wildman–Crippen MR) is 75.2 cm³/mol. The Hall–Kier alpha value is -0.480. The molecular weight excluding hydrogens is 315 g/mol. The van der Waals surface area contributed by atoms with Gasteiger partial charge in [0, 0.05) is 14.2 Å². The van der Waals surface area contributed by atoms with E-state index in [4.69, 9.17) is 0 Å². The van der Waals surface area contributed by atoms with Crippen LogP contribution < -0.4 is 0 Å². The maximum absolute atomic E-state index is 2.33. The van der Waals surface area contributed by atoms with Crippen LogP contribution in [0.25, 0.3) is 0 Å². The van der Waals surface area contributed by atoms with E-state index in [2.05, 4.69) is 77.2 Å². The lowest BCUT2D eigenvalue weighted by atomic mass is 10.2. The van der Waals surface area contributed by atoms with Crippen LogP contribution in [0.4, 0.5) is 0 Å². The highest BCUT2D eigenvalue weighted by molar-refractivity contribution is 14.1. The highest BCUT2D eigenvalue weighted by Gasteiger charge is 1.95. The van der Waals surface area contributed by atoms with Crippen LogP contribution in [0.3, 0.4) is 0 Å². The Morgan fingerprint density at radius 2 is 1.53 bits per heavy atom. The van der Waals surface area contributed by atoms with E-state index in [0.29, 0.717) is 0 Å². The molecule has 0 aliphatic rings. The van der Waals surface area contributed by atoms with Gasteiger partial charge in [-0.3, -0.25) is 0 Å². The molecule has 0 nitrogen and oxygen atoms in total. The third-order valence-electron chi connectivity index (χ3n) is 2.06. The van der Waals surface area contributed by atoms with Crippen molar-refractivity contribution in [1.82, 2.24) is 0 Å². The molecule has 0 amide bonds. The van der Waals surface area contributed by atoms with Gasteiger partial charge in [-0.2, -0.15) is 0 Å². The van der Waals surface area contributed by atoms with E-state index >= 15 is 0 Å². The van der Waals surface area contributed by atoms with Crippen LogP contribution >= 0.6 is 34.4 Å². The molecule has 0 radical (unpaired) electrons. The van der Waals surface area contributed by atoms with Crippen molar-refractivity contribution in [3.63, 3.8) is 0 Å². The molecule has 0 bridgehead atoms. The van der Waals surface area contributed by atoms with E-state index in [0.717, 1.165) is 5.75 Å². The molecule has 2 heteroatoms. The largest absolute Gasteiger partial charge is 0.121 e. The maximum atomic E-state index is 2.33. The summed E-state index contributed by atoms with van der Waals surface area (Å²) in [6, 6.07) is 19.2. The van der Waals surface area contributed by atoms with Gasteiger partial charge in [0.2, 0.25) is 0 Å². The normalized spacial score (nSPS) is 10.2. The highest BCUT2D eigenvalue weighted by atomic mass is 127. The Kier molecular flexibility index (Phi) is 4.09. The summed E-state index contributed by atoms with van der Waals surface area (Å²) in [6.45, 7) is 0. The van der Waals surface area contributed by atoms with Crippen molar-refractivity contribution < 1.29 is 0 Å². The number of benzene rings is 2. The highest BCUT2D eigenvalue weighted by Crippen LogP contribution is 2.23. The molecule has 15 heavy (non-hydrogen) atoms. The summed E-state index contributed by atoms with van der Waals surface area (Å²) >= 11 is 4.21. The lowest BCUT2D eigenvalue weighted by Gasteiger charge is -2.01. The van der Waals surface area contributed by atoms with Crippen molar-refractivity contribution in [3.05, 3.63) is 63.7 Å². The van der Waals surface area contributed by atoms with Gasteiger partial charge in [0.1, 0.15) is 0 Å². The fraction of sp³-hybridized carbons (Fsp3) is 0.0769. The van der Waals surface area contributed by atoms with Gasteiger partial charge < -0.3 is 0 Å². The number of hydrogen-bond donors (Lipinski definition) is 0. The van der Waals surface area contributed by atoms with Crippen LogP contribution in [0.2, 0.25) is 0 Å². The molecule has 0 heterocycles. The third-order valence-corrected chi connectivity index (χ3v) is 3.86. The molecule has 2 aromatic carbocycles. The van der Waals surface area contributed by atoms with Crippen molar-refractivity contribution in [1.29, 1.82) is 0 Å². The summed E-state index contributed by atoms with van der Waals surface area (Å²) in [4.78, 5) is 1.33. The van der Waals surface area contributed by atoms with Crippen molar-refractivity contribution in [2.24, 2.45) is 0 Å². The molecule has 0 spiro atoms. The summed E-state index contributed by atoms with van der Waals surface area (Å²) in [6.07, 6.45) is 0. The zero-order chi connectivity index (χ0) is 10.5. The van der Waals surface area contributed by atoms with Crippen LogP contribution in [0, 0.1) is 3.57 Å². The zero-order valence-electron chi connectivity index (χ0n) is 8.19. The molecular formula is C13H11IS. The molecule has 0 aromatic heterocycles. The van der Waals surface area contributed by atoms with Gasteiger partial charge in [0.15, 0.2) is 0 Å². The summed E-state index contributed by atoms with van der Waals surface area (Å²) in [5.74, 6) is 1.04.